The minimum Gasteiger partial charge on any atom is -0.350 e. The highest BCUT2D eigenvalue weighted by Crippen LogP contribution is 2.17. The van der Waals surface area contributed by atoms with E-state index < -0.39 is 0 Å². The molecule has 3 heteroatoms. The van der Waals surface area contributed by atoms with E-state index in [9.17, 15) is 4.79 Å². The summed E-state index contributed by atoms with van der Waals surface area (Å²) in [6.07, 6.45) is 6.97. The van der Waals surface area contributed by atoms with Crippen LogP contribution in [0.1, 0.15) is 46.0 Å². The smallest absolute Gasteiger partial charge is 0.246 e. The van der Waals surface area contributed by atoms with Gasteiger partial charge in [0.25, 0.3) is 0 Å². The Kier molecular flexibility index (Phi) is 4.82. The van der Waals surface area contributed by atoms with Crippen molar-refractivity contribution in [2.75, 3.05) is 0 Å². The van der Waals surface area contributed by atoms with E-state index in [1.54, 1.807) is 0 Å². The van der Waals surface area contributed by atoms with Gasteiger partial charge in [0.15, 0.2) is 0 Å². The van der Waals surface area contributed by atoms with Crippen LogP contribution in [0.4, 0.5) is 0 Å². The van der Waals surface area contributed by atoms with Gasteiger partial charge in [-0.15, -0.1) is 0 Å². The third-order valence-corrected chi connectivity index (χ3v) is 2.98. The number of rotatable bonds is 3. The van der Waals surface area contributed by atoms with E-state index in [-0.39, 0.29) is 5.91 Å². The summed E-state index contributed by atoms with van der Waals surface area (Å²) in [5.74, 6) is 0.0809. The molecular formula is C12H22N2O. The molecule has 0 saturated heterocycles. The van der Waals surface area contributed by atoms with Crippen molar-refractivity contribution in [3.63, 3.8) is 0 Å². The van der Waals surface area contributed by atoms with E-state index in [4.69, 9.17) is 5.73 Å². The van der Waals surface area contributed by atoms with Crippen LogP contribution in [0.25, 0.3) is 0 Å². The molecule has 0 bridgehead atoms. The number of carbonyl (C=O) groups excluding carboxylic acids is 1. The number of carbonyl (C=O) groups is 1. The normalized spacial score (nSPS) is 27.5. The minimum atomic E-state index is 0.0809. The van der Waals surface area contributed by atoms with E-state index >= 15 is 0 Å². The summed E-state index contributed by atoms with van der Waals surface area (Å²) in [6, 6.07) is 0.669. The molecule has 0 aromatic heterocycles. The number of amides is 1. The summed E-state index contributed by atoms with van der Waals surface area (Å²) in [6.45, 7) is 3.91. The van der Waals surface area contributed by atoms with Gasteiger partial charge < -0.3 is 11.1 Å². The predicted molar refractivity (Wildman–Crippen MR) is 62.4 cm³/mol. The molecule has 1 aliphatic carbocycles. The van der Waals surface area contributed by atoms with E-state index in [0.29, 0.717) is 12.1 Å². The maximum Gasteiger partial charge on any atom is 0.246 e. The topological polar surface area (TPSA) is 55.1 Å². The van der Waals surface area contributed by atoms with Crippen molar-refractivity contribution in [1.29, 1.82) is 0 Å². The van der Waals surface area contributed by atoms with Crippen molar-refractivity contribution in [1.82, 2.24) is 5.32 Å². The van der Waals surface area contributed by atoms with E-state index in [0.717, 1.165) is 37.7 Å². The largest absolute Gasteiger partial charge is 0.350 e. The first-order valence-electron chi connectivity index (χ1n) is 5.86. The number of hydrogen-bond donors (Lipinski definition) is 2. The molecule has 1 amide bonds. The fourth-order valence-electron chi connectivity index (χ4n) is 1.96. The Hall–Kier alpha value is -0.830. The number of nitrogens with two attached hydrogens (primary N) is 1. The van der Waals surface area contributed by atoms with Crippen LogP contribution < -0.4 is 11.1 Å². The van der Waals surface area contributed by atoms with Gasteiger partial charge in [-0.05, 0) is 39.0 Å². The summed E-state index contributed by atoms with van der Waals surface area (Å²) < 4.78 is 0. The van der Waals surface area contributed by atoms with Crippen molar-refractivity contribution in [2.45, 2.75) is 58.0 Å². The second kappa shape index (κ2) is 5.91. The van der Waals surface area contributed by atoms with Crippen LogP contribution in [-0.2, 0) is 4.79 Å². The summed E-state index contributed by atoms with van der Waals surface area (Å²) in [5.41, 5.74) is 6.64. The lowest BCUT2D eigenvalue weighted by Crippen LogP contribution is -2.40. The lowest BCUT2D eigenvalue weighted by Gasteiger charge is -2.26. The van der Waals surface area contributed by atoms with Gasteiger partial charge in [0, 0.05) is 17.7 Å². The molecule has 1 saturated carbocycles. The van der Waals surface area contributed by atoms with E-state index in [2.05, 4.69) is 5.32 Å². The van der Waals surface area contributed by atoms with Gasteiger partial charge in [0.1, 0.15) is 0 Å². The maximum atomic E-state index is 11.7. The van der Waals surface area contributed by atoms with Gasteiger partial charge in [-0.2, -0.15) is 0 Å². The van der Waals surface area contributed by atoms with Crippen molar-refractivity contribution in [3.8, 4) is 0 Å². The Morgan fingerprint density at radius 3 is 2.53 bits per heavy atom. The molecule has 3 N–H and O–H groups in total. The molecule has 1 aliphatic rings. The first-order chi connectivity index (χ1) is 7.13. The first kappa shape index (κ1) is 12.2. The van der Waals surface area contributed by atoms with Crippen LogP contribution in [0.5, 0.6) is 0 Å². The molecule has 0 radical (unpaired) electrons. The van der Waals surface area contributed by atoms with Gasteiger partial charge in [-0.3, -0.25) is 4.79 Å². The molecule has 0 aromatic carbocycles. The van der Waals surface area contributed by atoms with Crippen LogP contribution in [0.15, 0.2) is 11.6 Å². The van der Waals surface area contributed by atoms with Crippen LogP contribution in [0.3, 0.4) is 0 Å². The molecule has 0 atom stereocenters. The summed E-state index contributed by atoms with van der Waals surface area (Å²) in [5, 5.41) is 3.06. The molecule has 1 rings (SSSR count). The summed E-state index contributed by atoms with van der Waals surface area (Å²) in [4.78, 5) is 11.7. The molecule has 0 aromatic rings. The number of nitrogens with one attached hydrogen (secondary N) is 1. The maximum absolute atomic E-state index is 11.7. The van der Waals surface area contributed by atoms with E-state index in [1.807, 2.05) is 19.9 Å². The fourth-order valence-corrected chi connectivity index (χ4v) is 1.96. The molecule has 0 aliphatic heterocycles. The zero-order valence-electron chi connectivity index (χ0n) is 9.75. The lowest BCUT2D eigenvalue weighted by molar-refractivity contribution is -0.118. The SMILES string of the molecule is CCC=C(C)C(=O)NC1CCC(N)CC1. The van der Waals surface area contributed by atoms with Gasteiger partial charge in [-0.1, -0.05) is 13.0 Å². The lowest BCUT2D eigenvalue weighted by atomic mass is 9.91. The average molecular weight is 210 g/mol. The second-order valence-electron chi connectivity index (χ2n) is 4.38. The number of allylic oxidation sites excluding steroid dienone is 1. The molecule has 0 unspecified atom stereocenters. The molecule has 1 fully saturated rings. The summed E-state index contributed by atoms with van der Waals surface area (Å²) in [7, 11) is 0. The summed E-state index contributed by atoms with van der Waals surface area (Å²) >= 11 is 0. The Labute approximate surface area is 92.1 Å². The highest BCUT2D eigenvalue weighted by molar-refractivity contribution is 5.92. The van der Waals surface area contributed by atoms with Gasteiger partial charge in [0.2, 0.25) is 5.91 Å². The van der Waals surface area contributed by atoms with Crippen LogP contribution in [0, 0.1) is 0 Å². The van der Waals surface area contributed by atoms with Gasteiger partial charge >= 0.3 is 0 Å². The average Bonchev–Trinajstić information content (AvgIpc) is 2.22. The van der Waals surface area contributed by atoms with E-state index in [1.165, 1.54) is 0 Å². The molecular weight excluding hydrogens is 188 g/mol. The Balaban J connectivity index is 2.35. The molecule has 0 heterocycles. The molecule has 15 heavy (non-hydrogen) atoms. The monoisotopic (exact) mass is 210 g/mol. The Morgan fingerprint density at radius 2 is 2.00 bits per heavy atom. The zero-order valence-corrected chi connectivity index (χ0v) is 9.75. The molecule has 0 spiro atoms. The zero-order chi connectivity index (χ0) is 11.3. The van der Waals surface area contributed by atoms with Crippen molar-refractivity contribution in [3.05, 3.63) is 11.6 Å². The highest BCUT2D eigenvalue weighted by Gasteiger charge is 2.20. The standard InChI is InChI=1S/C12H22N2O/c1-3-4-9(2)12(15)14-11-7-5-10(13)6-8-11/h4,10-11H,3,5-8,13H2,1-2H3,(H,14,15). The number of hydrogen-bond acceptors (Lipinski definition) is 2. The quantitative estimate of drug-likeness (QED) is 0.697. The minimum absolute atomic E-state index is 0.0809. The first-order valence-corrected chi connectivity index (χ1v) is 5.86. The highest BCUT2D eigenvalue weighted by atomic mass is 16.1. The van der Waals surface area contributed by atoms with Gasteiger partial charge in [-0.25, -0.2) is 0 Å². The third kappa shape index (κ3) is 4.04. The second-order valence-corrected chi connectivity index (χ2v) is 4.38. The van der Waals surface area contributed by atoms with Crippen molar-refractivity contribution in [2.24, 2.45) is 5.73 Å². The predicted octanol–water partition coefficient (Wildman–Crippen LogP) is 1.73. The van der Waals surface area contributed by atoms with Crippen molar-refractivity contribution >= 4 is 5.91 Å². The molecule has 86 valence electrons. The van der Waals surface area contributed by atoms with Crippen LogP contribution in [-0.4, -0.2) is 18.0 Å². The van der Waals surface area contributed by atoms with Crippen LogP contribution >= 0.6 is 0 Å². The third-order valence-electron chi connectivity index (χ3n) is 2.98. The Morgan fingerprint density at radius 1 is 1.40 bits per heavy atom. The fraction of sp³-hybridized carbons (Fsp3) is 0.750. The van der Waals surface area contributed by atoms with Crippen LogP contribution in [0.2, 0.25) is 0 Å². The molecule has 3 nitrogen and oxygen atoms in total. The van der Waals surface area contributed by atoms with Crippen molar-refractivity contribution < 1.29 is 4.79 Å². The van der Waals surface area contributed by atoms with Gasteiger partial charge in [0.05, 0.1) is 0 Å². The Bertz CT molecular complexity index is 240.